The van der Waals surface area contributed by atoms with Crippen LogP contribution >= 0.6 is 11.6 Å². The van der Waals surface area contributed by atoms with Crippen LogP contribution in [0.3, 0.4) is 0 Å². The highest BCUT2D eigenvalue weighted by molar-refractivity contribution is 6.34. The van der Waals surface area contributed by atoms with E-state index in [1.807, 2.05) is 36.4 Å². The molecule has 0 amide bonds. The smallest absolute Gasteiger partial charge is 0.138 e. The molecule has 1 aromatic heterocycles. The van der Waals surface area contributed by atoms with E-state index in [4.69, 9.17) is 22.1 Å². The number of methoxy groups -OCH3 is 1. The van der Waals surface area contributed by atoms with Crippen LogP contribution in [-0.4, -0.2) is 12.1 Å². The molecule has 0 saturated heterocycles. The number of nitrogens with zero attached hydrogens (tertiary/aromatic N) is 1. The number of rotatable bonds is 3. The van der Waals surface area contributed by atoms with Crippen molar-refractivity contribution in [2.45, 2.75) is 0 Å². The number of nitrogen functional groups attached to an aromatic ring is 1. The molecule has 0 atom stereocenters. The van der Waals surface area contributed by atoms with Gasteiger partial charge in [-0.1, -0.05) is 11.6 Å². The van der Waals surface area contributed by atoms with Crippen LogP contribution in [0, 0.1) is 0 Å². The highest BCUT2D eigenvalue weighted by atomic mass is 35.5. The molecule has 0 aliphatic heterocycles. The molecule has 0 radical (unpaired) electrons. The standard InChI is InChI=1S/C16H14ClN3O/c1-21-11-4-2-10(3-5-11)20-16-13-6-7-14(17)15(18)12(13)8-9-19-16/h2-9H,18H2,1H3,(H,19,20). The molecule has 0 aliphatic carbocycles. The summed E-state index contributed by atoms with van der Waals surface area (Å²) in [6.45, 7) is 0. The Morgan fingerprint density at radius 2 is 1.81 bits per heavy atom. The minimum atomic E-state index is 0.545. The van der Waals surface area contributed by atoms with Gasteiger partial charge < -0.3 is 15.8 Å². The molecule has 0 aliphatic rings. The lowest BCUT2D eigenvalue weighted by molar-refractivity contribution is 0.415. The van der Waals surface area contributed by atoms with E-state index in [9.17, 15) is 0 Å². The third-order valence-electron chi connectivity index (χ3n) is 3.29. The van der Waals surface area contributed by atoms with Gasteiger partial charge in [-0.15, -0.1) is 0 Å². The van der Waals surface area contributed by atoms with Crippen LogP contribution < -0.4 is 15.8 Å². The predicted molar refractivity (Wildman–Crippen MR) is 87.4 cm³/mol. The molecule has 3 rings (SSSR count). The zero-order valence-corrected chi connectivity index (χ0v) is 12.2. The van der Waals surface area contributed by atoms with Crippen LogP contribution in [0.2, 0.25) is 5.02 Å². The number of nitrogens with one attached hydrogen (secondary N) is 1. The van der Waals surface area contributed by atoms with Gasteiger partial charge in [0.1, 0.15) is 11.6 Å². The highest BCUT2D eigenvalue weighted by Crippen LogP contribution is 2.32. The van der Waals surface area contributed by atoms with Crippen molar-refractivity contribution in [2.75, 3.05) is 18.2 Å². The quantitative estimate of drug-likeness (QED) is 0.711. The van der Waals surface area contributed by atoms with Gasteiger partial charge in [0.05, 0.1) is 17.8 Å². The molecule has 106 valence electrons. The summed E-state index contributed by atoms with van der Waals surface area (Å²) in [6.07, 6.45) is 1.71. The van der Waals surface area contributed by atoms with Crippen molar-refractivity contribution in [3.8, 4) is 5.75 Å². The van der Waals surface area contributed by atoms with Crippen LogP contribution in [0.5, 0.6) is 5.75 Å². The third-order valence-corrected chi connectivity index (χ3v) is 3.62. The number of hydrogen-bond acceptors (Lipinski definition) is 4. The molecular formula is C16H14ClN3O. The highest BCUT2D eigenvalue weighted by Gasteiger charge is 2.07. The number of hydrogen-bond donors (Lipinski definition) is 2. The van der Waals surface area contributed by atoms with Crippen LogP contribution in [-0.2, 0) is 0 Å². The van der Waals surface area contributed by atoms with Gasteiger partial charge in [-0.3, -0.25) is 0 Å². The Balaban J connectivity index is 2.02. The number of pyridine rings is 1. The molecule has 1 heterocycles. The van der Waals surface area contributed by atoms with Crippen LogP contribution in [0.1, 0.15) is 0 Å². The first-order valence-electron chi connectivity index (χ1n) is 6.43. The summed E-state index contributed by atoms with van der Waals surface area (Å²) in [6, 6.07) is 13.2. The number of anilines is 3. The zero-order chi connectivity index (χ0) is 14.8. The van der Waals surface area contributed by atoms with E-state index in [1.54, 1.807) is 19.4 Å². The Kier molecular flexibility index (Phi) is 3.54. The van der Waals surface area contributed by atoms with E-state index >= 15 is 0 Å². The molecule has 0 saturated carbocycles. The normalized spacial score (nSPS) is 10.6. The number of fused-ring (bicyclic) bond motifs is 1. The second kappa shape index (κ2) is 5.50. The molecule has 0 unspecified atom stereocenters. The van der Waals surface area contributed by atoms with Crippen molar-refractivity contribution in [2.24, 2.45) is 0 Å². The second-order valence-corrected chi connectivity index (χ2v) is 4.98. The first-order valence-corrected chi connectivity index (χ1v) is 6.80. The SMILES string of the molecule is COc1ccc(Nc2nccc3c(N)c(Cl)ccc23)cc1. The third kappa shape index (κ3) is 2.58. The van der Waals surface area contributed by atoms with Gasteiger partial charge in [0, 0.05) is 22.7 Å². The van der Waals surface area contributed by atoms with E-state index in [0.717, 1.165) is 28.0 Å². The van der Waals surface area contributed by atoms with Gasteiger partial charge in [0.15, 0.2) is 0 Å². The summed E-state index contributed by atoms with van der Waals surface area (Å²) in [5.74, 6) is 1.54. The molecule has 0 bridgehead atoms. The maximum Gasteiger partial charge on any atom is 0.138 e. The summed E-state index contributed by atoms with van der Waals surface area (Å²) in [4.78, 5) is 4.37. The van der Waals surface area contributed by atoms with Gasteiger partial charge in [-0.25, -0.2) is 4.98 Å². The van der Waals surface area contributed by atoms with Crippen molar-refractivity contribution in [1.29, 1.82) is 0 Å². The lowest BCUT2D eigenvalue weighted by Crippen LogP contribution is -1.96. The number of aromatic nitrogens is 1. The second-order valence-electron chi connectivity index (χ2n) is 4.57. The van der Waals surface area contributed by atoms with E-state index in [0.29, 0.717) is 10.7 Å². The Hall–Kier alpha value is -2.46. The van der Waals surface area contributed by atoms with E-state index in [-0.39, 0.29) is 0 Å². The Morgan fingerprint density at radius 3 is 2.52 bits per heavy atom. The lowest BCUT2D eigenvalue weighted by Gasteiger charge is -2.11. The topological polar surface area (TPSA) is 60.2 Å². The Bertz CT molecular complexity index is 787. The molecule has 3 aromatic rings. The van der Waals surface area contributed by atoms with Crippen molar-refractivity contribution >= 4 is 39.6 Å². The molecule has 3 N–H and O–H groups in total. The largest absolute Gasteiger partial charge is 0.497 e. The summed E-state index contributed by atoms with van der Waals surface area (Å²) >= 11 is 6.05. The zero-order valence-electron chi connectivity index (χ0n) is 11.4. The number of benzene rings is 2. The van der Waals surface area contributed by atoms with E-state index in [1.165, 1.54) is 0 Å². The average molecular weight is 300 g/mol. The first kappa shape index (κ1) is 13.5. The Morgan fingerprint density at radius 1 is 1.05 bits per heavy atom. The molecule has 0 fully saturated rings. The van der Waals surface area contributed by atoms with E-state index < -0.39 is 0 Å². The average Bonchev–Trinajstić information content (AvgIpc) is 2.52. The fourth-order valence-electron chi connectivity index (χ4n) is 2.16. The number of ether oxygens (including phenoxy) is 1. The molecule has 21 heavy (non-hydrogen) atoms. The van der Waals surface area contributed by atoms with Crippen molar-refractivity contribution in [1.82, 2.24) is 4.98 Å². The summed E-state index contributed by atoms with van der Waals surface area (Å²) in [5.41, 5.74) is 7.50. The van der Waals surface area contributed by atoms with Gasteiger partial charge in [-0.05, 0) is 42.5 Å². The van der Waals surface area contributed by atoms with Gasteiger partial charge in [0.25, 0.3) is 0 Å². The van der Waals surface area contributed by atoms with Crippen LogP contribution in [0.25, 0.3) is 10.8 Å². The van der Waals surface area contributed by atoms with Gasteiger partial charge in [0.2, 0.25) is 0 Å². The summed E-state index contributed by atoms with van der Waals surface area (Å²) in [7, 11) is 1.64. The summed E-state index contributed by atoms with van der Waals surface area (Å²) < 4.78 is 5.14. The number of halogens is 1. The van der Waals surface area contributed by atoms with Gasteiger partial charge >= 0.3 is 0 Å². The maximum absolute atomic E-state index is 6.05. The van der Waals surface area contributed by atoms with Crippen molar-refractivity contribution in [3.63, 3.8) is 0 Å². The van der Waals surface area contributed by atoms with Crippen molar-refractivity contribution in [3.05, 3.63) is 53.7 Å². The lowest BCUT2D eigenvalue weighted by atomic mass is 10.1. The number of nitrogens with two attached hydrogens (primary N) is 1. The monoisotopic (exact) mass is 299 g/mol. The van der Waals surface area contributed by atoms with Gasteiger partial charge in [-0.2, -0.15) is 0 Å². The maximum atomic E-state index is 6.05. The minimum Gasteiger partial charge on any atom is -0.497 e. The van der Waals surface area contributed by atoms with Crippen LogP contribution in [0.15, 0.2) is 48.7 Å². The Labute approximate surface area is 127 Å². The molecule has 0 spiro atoms. The van der Waals surface area contributed by atoms with Crippen LogP contribution in [0.4, 0.5) is 17.2 Å². The minimum absolute atomic E-state index is 0.545. The summed E-state index contributed by atoms with van der Waals surface area (Å²) in [5, 5.41) is 5.63. The first-order chi connectivity index (χ1) is 10.2. The fourth-order valence-corrected chi connectivity index (χ4v) is 2.33. The van der Waals surface area contributed by atoms with E-state index in [2.05, 4.69) is 10.3 Å². The molecular weight excluding hydrogens is 286 g/mol. The molecule has 2 aromatic carbocycles. The predicted octanol–water partition coefficient (Wildman–Crippen LogP) is 4.22. The molecule has 4 nitrogen and oxygen atoms in total. The fraction of sp³-hybridized carbons (Fsp3) is 0.0625. The van der Waals surface area contributed by atoms with Crippen molar-refractivity contribution < 1.29 is 4.74 Å². The molecule has 5 heteroatoms.